The van der Waals surface area contributed by atoms with Gasteiger partial charge < -0.3 is 10.2 Å². The average molecular weight is 241 g/mol. The van der Waals surface area contributed by atoms with Gasteiger partial charge >= 0.3 is 0 Å². The van der Waals surface area contributed by atoms with Crippen LogP contribution in [-0.2, 0) is 6.54 Å². The third-order valence-electron chi connectivity index (χ3n) is 2.90. The first-order valence-corrected chi connectivity index (χ1v) is 6.10. The van der Waals surface area contributed by atoms with E-state index < -0.39 is 0 Å². The van der Waals surface area contributed by atoms with Crippen LogP contribution in [0.15, 0.2) is 40.9 Å². The van der Waals surface area contributed by atoms with Crippen LogP contribution in [0.3, 0.4) is 0 Å². The fourth-order valence-corrected chi connectivity index (χ4v) is 2.07. The Balaban J connectivity index is 2.08. The van der Waals surface area contributed by atoms with Crippen LogP contribution in [0, 0.1) is 0 Å². The topological polar surface area (TPSA) is 57.0 Å². The van der Waals surface area contributed by atoms with Crippen LogP contribution in [0.2, 0.25) is 0 Å². The number of nitrogen functional groups attached to an aromatic ring is 1. The molecule has 0 aliphatic rings. The van der Waals surface area contributed by atoms with Gasteiger partial charge in [0.2, 0.25) is 0 Å². The Morgan fingerprint density at radius 3 is 2.94 bits per heavy atom. The third-order valence-corrected chi connectivity index (χ3v) is 2.90. The fraction of sp³-hybridized carbons (Fsp3) is 0.214. The summed E-state index contributed by atoms with van der Waals surface area (Å²) in [6, 6.07) is 9.87. The van der Waals surface area contributed by atoms with Gasteiger partial charge in [0.05, 0.1) is 5.69 Å². The molecule has 0 radical (unpaired) electrons. The lowest BCUT2D eigenvalue weighted by Gasteiger charge is -1.94. The standard InChI is InChI=1S/C14H15N3O/c1-2-7-17-9-11(15)14(16-17)13-8-10-5-3-4-6-12(10)18-13/h3-6,8-9H,2,7,15H2,1H3. The summed E-state index contributed by atoms with van der Waals surface area (Å²) in [6.07, 6.45) is 2.88. The second-order valence-corrected chi connectivity index (χ2v) is 4.34. The summed E-state index contributed by atoms with van der Waals surface area (Å²) in [7, 11) is 0. The molecule has 18 heavy (non-hydrogen) atoms. The van der Waals surface area contributed by atoms with E-state index in [0.29, 0.717) is 5.69 Å². The number of rotatable bonds is 3. The number of hydrogen-bond acceptors (Lipinski definition) is 3. The molecule has 0 saturated carbocycles. The van der Waals surface area contributed by atoms with Gasteiger partial charge in [0.15, 0.2) is 11.5 Å². The summed E-state index contributed by atoms with van der Waals surface area (Å²) in [5.74, 6) is 0.726. The van der Waals surface area contributed by atoms with E-state index in [4.69, 9.17) is 10.2 Å². The smallest absolute Gasteiger partial charge is 0.157 e. The molecule has 2 N–H and O–H groups in total. The van der Waals surface area contributed by atoms with Crippen molar-refractivity contribution in [3.05, 3.63) is 36.5 Å². The van der Waals surface area contributed by atoms with Gasteiger partial charge in [-0.2, -0.15) is 5.10 Å². The largest absolute Gasteiger partial charge is 0.454 e. The van der Waals surface area contributed by atoms with Gasteiger partial charge in [-0.05, 0) is 18.6 Å². The number of para-hydroxylation sites is 1. The van der Waals surface area contributed by atoms with E-state index in [1.165, 1.54) is 0 Å². The number of hydrogen-bond donors (Lipinski definition) is 1. The van der Waals surface area contributed by atoms with E-state index in [-0.39, 0.29) is 0 Å². The molecule has 3 rings (SSSR count). The minimum absolute atomic E-state index is 0.655. The number of nitrogens with zero attached hydrogens (tertiary/aromatic N) is 2. The maximum atomic E-state index is 5.98. The lowest BCUT2D eigenvalue weighted by molar-refractivity contribution is 0.592. The van der Waals surface area contributed by atoms with Gasteiger partial charge in [0, 0.05) is 18.1 Å². The van der Waals surface area contributed by atoms with Gasteiger partial charge in [-0.1, -0.05) is 25.1 Å². The maximum absolute atomic E-state index is 5.98. The monoisotopic (exact) mass is 241 g/mol. The van der Waals surface area contributed by atoms with Crippen LogP contribution >= 0.6 is 0 Å². The Bertz CT molecular complexity index is 648. The molecule has 0 aliphatic carbocycles. The minimum atomic E-state index is 0.655. The lowest BCUT2D eigenvalue weighted by Crippen LogP contribution is -1.96. The Kier molecular flexibility index (Phi) is 2.55. The molecule has 92 valence electrons. The van der Waals surface area contributed by atoms with E-state index in [1.54, 1.807) is 0 Å². The molecule has 2 aromatic heterocycles. The van der Waals surface area contributed by atoms with Gasteiger partial charge in [-0.3, -0.25) is 4.68 Å². The number of aromatic nitrogens is 2. The van der Waals surface area contributed by atoms with Crippen molar-refractivity contribution in [2.75, 3.05) is 5.73 Å². The predicted molar refractivity (Wildman–Crippen MR) is 72.1 cm³/mol. The Hall–Kier alpha value is -2.23. The van der Waals surface area contributed by atoms with Crippen LogP contribution in [-0.4, -0.2) is 9.78 Å². The fourth-order valence-electron chi connectivity index (χ4n) is 2.07. The normalized spacial score (nSPS) is 11.2. The molecule has 0 atom stereocenters. The van der Waals surface area contributed by atoms with Crippen molar-refractivity contribution in [3.8, 4) is 11.5 Å². The van der Waals surface area contributed by atoms with Crippen molar-refractivity contribution in [2.24, 2.45) is 0 Å². The van der Waals surface area contributed by atoms with Crippen LogP contribution in [0.5, 0.6) is 0 Å². The summed E-state index contributed by atoms with van der Waals surface area (Å²) in [5, 5.41) is 5.53. The molecule has 2 heterocycles. The van der Waals surface area contributed by atoms with E-state index in [0.717, 1.165) is 35.4 Å². The zero-order valence-electron chi connectivity index (χ0n) is 10.3. The van der Waals surface area contributed by atoms with E-state index >= 15 is 0 Å². The average Bonchev–Trinajstić information content (AvgIpc) is 2.92. The van der Waals surface area contributed by atoms with E-state index in [2.05, 4.69) is 12.0 Å². The Morgan fingerprint density at radius 2 is 2.17 bits per heavy atom. The molecule has 0 unspecified atom stereocenters. The van der Waals surface area contributed by atoms with E-state index in [9.17, 15) is 0 Å². The molecule has 0 saturated heterocycles. The summed E-state index contributed by atoms with van der Waals surface area (Å²) in [4.78, 5) is 0. The van der Waals surface area contributed by atoms with Crippen molar-refractivity contribution >= 4 is 16.7 Å². The zero-order valence-corrected chi connectivity index (χ0v) is 10.3. The molecule has 4 nitrogen and oxygen atoms in total. The van der Waals surface area contributed by atoms with Gasteiger partial charge in [-0.25, -0.2) is 0 Å². The number of anilines is 1. The number of benzene rings is 1. The first-order valence-electron chi connectivity index (χ1n) is 6.10. The molecule has 0 spiro atoms. The van der Waals surface area contributed by atoms with Crippen LogP contribution in [0.1, 0.15) is 13.3 Å². The summed E-state index contributed by atoms with van der Waals surface area (Å²) in [5.41, 5.74) is 8.22. The molecule has 1 aromatic carbocycles. The molecule has 0 aliphatic heterocycles. The molecule has 0 fully saturated rings. The second-order valence-electron chi connectivity index (χ2n) is 4.34. The highest BCUT2D eigenvalue weighted by molar-refractivity contribution is 5.84. The summed E-state index contributed by atoms with van der Waals surface area (Å²) < 4.78 is 7.63. The number of nitrogens with two attached hydrogens (primary N) is 1. The molecule has 0 bridgehead atoms. The first kappa shape index (κ1) is 10.9. The zero-order chi connectivity index (χ0) is 12.5. The van der Waals surface area contributed by atoms with Crippen molar-refractivity contribution < 1.29 is 4.42 Å². The van der Waals surface area contributed by atoms with Gasteiger partial charge in [-0.15, -0.1) is 0 Å². The molecule has 3 aromatic rings. The number of aryl methyl sites for hydroxylation is 1. The van der Waals surface area contributed by atoms with Crippen LogP contribution in [0.25, 0.3) is 22.4 Å². The Labute approximate surface area is 105 Å². The minimum Gasteiger partial charge on any atom is -0.454 e. The summed E-state index contributed by atoms with van der Waals surface area (Å²) in [6.45, 7) is 2.98. The predicted octanol–water partition coefficient (Wildman–Crippen LogP) is 3.29. The first-order chi connectivity index (χ1) is 8.78. The lowest BCUT2D eigenvalue weighted by atomic mass is 10.2. The highest BCUT2D eigenvalue weighted by atomic mass is 16.3. The Morgan fingerprint density at radius 1 is 1.33 bits per heavy atom. The SMILES string of the molecule is CCCn1cc(N)c(-c2cc3ccccc3o2)n1. The van der Waals surface area contributed by atoms with Crippen molar-refractivity contribution in [2.45, 2.75) is 19.9 Å². The van der Waals surface area contributed by atoms with Crippen LogP contribution < -0.4 is 5.73 Å². The second kappa shape index (κ2) is 4.22. The molecule has 4 heteroatoms. The van der Waals surface area contributed by atoms with Crippen LogP contribution in [0.4, 0.5) is 5.69 Å². The third kappa shape index (κ3) is 1.76. The molecule has 0 amide bonds. The van der Waals surface area contributed by atoms with Crippen molar-refractivity contribution in [1.82, 2.24) is 9.78 Å². The highest BCUT2D eigenvalue weighted by Crippen LogP contribution is 2.30. The van der Waals surface area contributed by atoms with Crippen molar-refractivity contribution in [3.63, 3.8) is 0 Å². The number of furan rings is 1. The van der Waals surface area contributed by atoms with Gasteiger partial charge in [0.1, 0.15) is 5.58 Å². The quantitative estimate of drug-likeness (QED) is 0.765. The maximum Gasteiger partial charge on any atom is 0.157 e. The molecular formula is C14H15N3O. The molecular weight excluding hydrogens is 226 g/mol. The summed E-state index contributed by atoms with van der Waals surface area (Å²) >= 11 is 0. The van der Waals surface area contributed by atoms with E-state index in [1.807, 2.05) is 41.2 Å². The highest BCUT2D eigenvalue weighted by Gasteiger charge is 2.13. The number of fused-ring (bicyclic) bond motifs is 1. The van der Waals surface area contributed by atoms with Crippen molar-refractivity contribution in [1.29, 1.82) is 0 Å². The van der Waals surface area contributed by atoms with Gasteiger partial charge in [0.25, 0.3) is 0 Å².